The smallest absolute Gasteiger partial charge is 0.347 e. The van der Waals surface area contributed by atoms with Gasteiger partial charge < -0.3 is 14.6 Å². The Balaban J connectivity index is 1.56. The molecule has 0 aliphatic heterocycles. The number of H-pyrrole nitrogens is 1. The molecule has 0 aliphatic rings. The lowest BCUT2D eigenvalue weighted by Crippen LogP contribution is -2.37. The average Bonchev–Trinajstić information content (AvgIpc) is 3.28. The van der Waals surface area contributed by atoms with Crippen molar-refractivity contribution in [3.63, 3.8) is 0 Å². The number of carboxylic acid groups (broad SMARTS) is 1. The Morgan fingerprint density at radius 3 is 2.21 bits per heavy atom. The Labute approximate surface area is 228 Å². The zero-order valence-electron chi connectivity index (χ0n) is 22.8. The molecule has 1 heterocycles. The predicted molar refractivity (Wildman–Crippen MR) is 150 cm³/mol. The van der Waals surface area contributed by atoms with Crippen molar-refractivity contribution in [1.82, 2.24) is 14.8 Å². The summed E-state index contributed by atoms with van der Waals surface area (Å²) < 4.78 is 12.4. The van der Waals surface area contributed by atoms with E-state index >= 15 is 0 Å². The second kappa shape index (κ2) is 12.0. The SMILES string of the molecule is COc1ccc(CCCC(c2ccc(OC(C)(C)C(=O)O)cc2)c2nn(Cc3ccc(C)cc3)c(=O)[nH]2)cc1. The van der Waals surface area contributed by atoms with Crippen LogP contribution in [0.5, 0.6) is 11.5 Å². The Bertz CT molecular complexity index is 1440. The highest BCUT2D eigenvalue weighted by molar-refractivity contribution is 5.76. The molecule has 0 fully saturated rings. The second-order valence-corrected chi connectivity index (χ2v) is 10.2. The molecule has 0 radical (unpaired) electrons. The summed E-state index contributed by atoms with van der Waals surface area (Å²) in [6.07, 6.45) is 2.49. The van der Waals surface area contributed by atoms with Gasteiger partial charge in [-0.3, -0.25) is 4.98 Å². The van der Waals surface area contributed by atoms with Gasteiger partial charge in [0.2, 0.25) is 0 Å². The van der Waals surface area contributed by atoms with Crippen molar-refractivity contribution < 1.29 is 19.4 Å². The third kappa shape index (κ3) is 7.16. The molecular formula is C31H35N3O5. The first-order valence-corrected chi connectivity index (χ1v) is 13.0. The molecule has 4 aromatic rings. The zero-order valence-corrected chi connectivity index (χ0v) is 22.8. The number of methoxy groups -OCH3 is 1. The van der Waals surface area contributed by atoms with Crippen molar-refractivity contribution in [2.24, 2.45) is 0 Å². The number of nitrogens with one attached hydrogen (secondary N) is 1. The maximum absolute atomic E-state index is 12.8. The van der Waals surface area contributed by atoms with Crippen molar-refractivity contribution >= 4 is 5.97 Å². The van der Waals surface area contributed by atoms with E-state index in [1.54, 1.807) is 19.2 Å². The summed E-state index contributed by atoms with van der Waals surface area (Å²) in [5.74, 6) is 0.682. The largest absolute Gasteiger partial charge is 0.497 e. The van der Waals surface area contributed by atoms with Crippen LogP contribution >= 0.6 is 0 Å². The molecule has 2 N–H and O–H groups in total. The minimum absolute atomic E-state index is 0.156. The fraction of sp³-hybridized carbons (Fsp3) is 0.323. The van der Waals surface area contributed by atoms with Crippen LogP contribution in [0.4, 0.5) is 0 Å². The summed E-state index contributed by atoms with van der Waals surface area (Å²) in [5.41, 5.74) is 2.71. The van der Waals surface area contributed by atoms with Gasteiger partial charge in [0.25, 0.3) is 0 Å². The van der Waals surface area contributed by atoms with Crippen LogP contribution in [0.15, 0.2) is 77.6 Å². The molecule has 1 unspecified atom stereocenters. The lowest BCUT2D eigenvalue weighted by molar-refractivity contribution is -0.152. The molecule has 3 aromatic carbocycles. The molecule has 1 atom stereocenters. The maximum atomic E-state index is 12.8. The number of carbonyl (C=O) groups is 1. The number of aliphatic carboxylic acids is 1. The van der Waals surface area contributed by atoms with Gasteiger partial charge in [0.15, 0.2) is 5.60 Å². The minimum Gasteiger partial charge on any atom is -0.497 e. The van der Waals surface area contributed by atoms with Crippen LogP contribution in [0, 0.1) is 6.92 Å². The van der Waals surface area contributed by atoms with Gasteiger partial charge in [0.1, 0.15) is 17.3 Å². The lowest BCUT2D eigenvalue weighted by atomic mass is 9.91. The first-order valence-electron chi connectivity index (χ1n) is 13.0. The molecule has 0 spiro atoms. The zero-order chi connectivity index (χ0) is 28.0. The number of hydrogen-bond acceptors (Lipinski definition) is 5. The molecular weight excluding hydrogens is 494 g/mol. The van der Waals surface area contributed by atoms with Crippen LogP contribution in [-0.2, 0) is 17.8 Å². The summed E-state index contributed by atoms with van der Waals surface area (Å²) in [6, 6.07) is 23.4. The summed E-state index contributed by atoms with van der Waals surface area (Å²) in [4.78, 5) is 27.3. The molecule has 8 heteroatoms. The van der Waals surface area contributed by atoms with E-state index in [2.05, 4.69) is 22.2 Å². The summed E-state index contributed by atoms with van der Waals surface area (Å²) in [5, 5.41) is 14.1. The van der Waals surface area contributed by atoms with E-state index in [4.69, 9.17) is 9.47 Å². The number of aromatic amines is 1. The molecule has 0 aliphatic carbocycles. The third-order valence-corrected chi connectivity index (χ3v) is 6.77. The Morgan fingerprint density at radius 1 is 0.974 bits per heavy atom. The highest BCUT2D eigenvalue weighted by atomic mass is 16.5. The summed E-state index contributed by atoms with van der Waals surface area (Å²) in [7, 11) is 1.65. The fourth-order valence-electron chi connectivity index (χ4n) is 4.38. The third-order valence-electron chi connectivity index (χ3n) is 6.77. The molecule has 4 rings (SSSR count). The van der Waals surface area contributed by atoms with Crippen molar-refractivity contribution in [3.05, 3.63) is 111 Å². The highest BCUT2D eigenvalue weighted by Gasteiger charge is 2.29. The van der Waals surface area contributed by atoms with E-state index in [0.29, 0.717) is 18.1 Å². The molecule has 0 bridgehead atoms. The number of benzene rings is 3. The van der Waals surface area contributed by atoms with E-state index in [-0.39, 0.29) is 11.6 Å². The van der Waals surface area contributed by atoms with Crippen molar-refractivity contribution in [1.29, 1.82) is 0 Å². The monoisotopic (exact) mass is 529 g/mol. The van der Waals surface area contributed by atoms with Gasteiger partial charge in [-0.05, 0) is 81.0 Å². The molecule has 1 aromatic heterocycles. The Hall–Kier alpha value is -4.33. The molecule has 204 valence electrons. The van der Waals surface area contributed by atoms with Gasteiger partial charge in [-0.2, -0.15) is 5.10 Å². The Morgan fingerprint density at radius 2 is 1.59 bits per heavy atom. The molecule has 0 saturated carbocycles. The van der Waals surface area contributed by atoms with Crippen LogP contribution in [0.3, 0.4) is 0 Å². The van der Waals surface area contributed by atoms with Crippen LogP contribution in [0.25, 0.3) is 0 Å². The predicted octanol–water partition coefficient (Wildman–Crippen LogP) is 5.33. The quantitative estimate of drug-likeness (QED) is 0.257. The number of nitrogens with zero attached hydrogens (tertiary/aromatic N) is 2. The number of carboxylic acids is 1. The number of ether oxygens (including phenoxy) is 2. The van der Waals surface area contributed by atoms with E-state index in [1.165, 1.54) is 24.1 Å². The highest BCUT2D eigenvalue weighted by Crippen LogP contribution is 2.30. The first kappa shape index (κ1) is 27.7. The normalized spacial score (nSPS) is 12.2. The van der Waals surface area contributed by atoms with E-state index in [0.717, 1.165) is 41.7 Å². The second-order valence-electron chi connectivity index (χ2n) is 10.2. The average molecular weight is 530 g/mol. The molecule has 0 amide bonds. The maximum Gasteiger partial charge on any atom is 0.347 e. The molecule has 39 heavy (non-hydrogen) atoms. The van der Waals surface area contributed by atoms with Gasteiger partial charge >= 0.3 is 11.7 Å². The summed E-state index contributed by atoms with van der Waals surface area (Å²) >= 11 is 0. The molecule has 8 nitrogen and oxygen atoms in total. The van der Waals surface area contributed by atoms with Crippen LogP contribution in [-0.4, -0.2) is 38.6 Å². The van der Waals surface area contributed by atoms with E-state index in [9.17, 15) is 14.7 Å². The van der Waals surface area contributed by atoms with Crippen molar-refractivity contribution in [3.8, 4) is 11.5 Å². The van der Waals surface area contributed by atoms with Crippen molar-refractivity contribution in [2.45, 2.75) is 58.1 Å². The van der Waals surface area contributed by atoms with Gasteiger partial charge in [0, 0.05) is 5.92 Å². The number of aromatic nitrogens is 3. The van der Waals surface area contributed by atoms with Crippen LogP contribution in [0.1, 0.15) is 60.7 Å². The number of rotatable bonds is 12. The van der Waals surface area contributed by atoms with Gasteiger partial charge in [0.05, 0.1) is 13.7 Å². The lowest BCUT2D eigenvalue weighted by Gasteiger charge is -2.22. The summed E-state index contributed by atoms with van der Waals surface area (Å²) in [6.45, 7) is 5.43. The standard InChI is InChI=1S/C31H35N3O5/c1-21-8-10-23(11-9-21)20-34-30(37)32-28(33-34)27(7-5-6-22-12-16-25(38-4)17-13-22)24-14-18-26(19-15-24)39-31(2,3)29(35)36/h8-19,27H,5-7,20H2,1-4H3,(H,35,36)(H,32,33,37). The van der Waals surface area contributed by atoms with Crippen molar-refractivity contribution in [2.75, 3.05) is 7.11 Å². The topological polar surface area (TPSA) is 106 Å². The van der Waals surface area contributed by atoms with Crippen LogP contribution < -0.4 is 15.2 Å². The minimum atomic E-state index is -1.35. The Kier molecular flexibility index (Phi) is 8.54. The molecule has 0 saturated heterocycles. The van der Waals surface area contributed by atoms with Gasteiger partial charge in [-0.1, -0.05) is 54.1 Å². The number of aryl methyl sites for hydroxylation is 2. The van der Waals surface area contributed by atoms with Gasteiger partial charge in [-0.25, -0.2) is 14.3 Å². The number of hydrogen-bond donors (Lipinski definition) is 2. The van der Waals surface area contributed by atoms with Gasteiger partial charge in [-0.15, -0.1) is 0 Å². The van der Waals surface area contributed by atoms with Crippen LogP contribution in [0.2, 0.25) is 0 Å². The fourth-order valence-corrected chi connectivity index (χ4v) is 4.38. The van der Waals surface area contributed by atoms with E-state index in [1.807, 2.05) is 55.5 Å². The first-order chi connectivity index (χ1) is 18.6. The van der Waals surface area contributed by atoms with E-state index < -0.39 is 11.6 Å².